The summed E-state index contributed by atoms with van der Waals surface area (Å²) in [7, 11) is 0. The van der Waals surface area contributed by atoms with E-state index in [0.717, 1.165) is 24.3 Å². The predicted molar refractivity (Wildman–Crippen MR) is 86.1 cm³/mol. The smallest absolute Gasteiger partial charge is 0.129 e. The fourth-order valence-electron chi connectivity index (χ4n) is 3.22. The van der Waals surface area contributed by atoms with E-state index in [4.69, 9.17) is 0 Å². The number of hydrogen-bond donors (Lipinski definition) is 1. The summed E-state index contributed by atoms with van der Waals surface area (Å²) >= 11 is 0. The van der Waals surface area contributed by atoms with Gasteiger partial charge in [0.05, 0.1) is 0 Å². The van der Waals surface area contributed by atoms with Gasteiger partial charge in [-0.05, 0) is 49.7 Å². The molecule has 1 aromatic rings. The lowest BCUT2D eigenvalue weighted by Crippen LogP contribution is -2.28. The lowest BCUT2D eigenvalue weighted by atomic mass is 9.85. The van der Waals surface area contributed by atoms with Crippen LogP contribution in [0.1, 0.15) is 51.5 Å². The standard InChI is InChI=1S/C18H27FN2/c1-18(2)9-4-11-21(12-10-18)17-6-3-5-16(19)15(17)13-20-14-7-8-14/h3,5-6,14,20H,4,7-13H2,1-2H3. The highest BCUT2D eigenvalue weighted by molar-refractivity contribution is 5.54. The molecule has 2 fully saturated rings. The monoisotopic (exact) mass is 290 g/mol. The molecule has 1 aliphatic carbocycles. The van der Waals surface area contributed by atoms with Crippen LogP contribution in [0.3, 0.4) is 0 Å². The number of benzene rings is 1. The SMILES string of the molecule is CC1(C)CCCN(c2cccc(F)c2CNC2CC2)CC1. The van der Waals surface area contributed by atoms with Crippen LogP contribution in [0.5, 0.6) is 0 Å². The van der Waals surface area contributed by atoms with Gasteiger partial charge in [0.2, 0.25) is 0 Å². The predicted octanol–water partition coefficient (Wildman–Crippen LogP) is 4.09. The van der Waals surface area contributed by atoms with Crippen LogP contribution in [0, 0.1) is 11.2 Å². The van der Waals surface area contributed by atoms with Crippen molar-refractivity contribution < 1.29 is 4.39 Å². The first-order chi connectivity index (χ1) is 10.1. The minimum atomic E-state index is -0.0656. The molecule has 1 saturated heterocycles. The summed E-state index contributed by atoms with van der Waals surface area (Å²) in [6, 6.07) is 6.14. The molecule has 3 rings (SSSR count). The molecule has 1 aliphatic heterocycles. The number of nitrogens with one attached hydrogen (secondary N) is 1. The van der Waals surface area contributed by atoms with Gasteiger partial charge in [0.25, 0.3) is 0 Å². The molecule has 1 saturated carbocycles. The summed E-state index contributed by atoms with van der Waals surface area (Å²) in [6.07, 6.45) is 6.11. The topological polar surface area (TPSA) is 15.3 Å². The summed E-state index contributed by atoms with van der Waals surface area (Å²) in [5, 5.41) is 3.46. The Hall–Kier alpha value is -1.09. The van der Waals surface area contributed by atoms with Crippen LogP contribution in [-0.4, -0.2) is 19.1 Å². The molecular weight excluding hydrogens is 263 g/mol. The van der Waals surface area contributed by atoms with Gasteiger partial charge < -0.3 is 10.2 Å². The first-order valence-electron chi connectivity index (χ1n) is 8.31. The van der Waals surface area contributed by atoms with Crippen LogP contribution in [0.2, 0.25) is 0 Å². The third kappa shape index (κ3) is 3.76. The van der Waals surface area contributed by atoms with Crippen molar-refractivity contribution in [2.75, 3.05) is 18.0 Å². The zero-order valence-electron chi connectivity index (χ0n) is 13.3. The van der Waals surface area contributed by atoms with E-state index in [1.54, 1.807) is 6.07 Å². The Kier molecular flexibility index (Phi) is 4.21. The van der Waals surface area contributed by atoms with E-state index in [9.17, 15) is 4.39 Å². The molecule has 2 aliphatic rings. The van der Waals surface area contributed by atoms with Gasteiger partial charge in [-0.25, -0.2) is 4.39 Å². The molecule has 0 amide bonds. The van der Waals surface area contributed by atoms with Gasteiger partial charge in [0, 0.05) is 36.9 Å². The van der Waals surface area contributed by atoms with Crippen molar-refractivity contribution in [1.82, 2.24) is 5.32 Å². The largest absolute Gasteiger partial charge is 0.371 e. The highest BCUT2D eigenvalue weighted by Crippen LogP contribution is 2.33. The molecule has 1 aromatic carbocycles. The first kappa shape index (κ1) is 14.8. The molecule has 21 heavy (non-hydrogen) atoms. The van der Waals surface area contributed by atoms with E-state index in [1.165, 1.54) is 32.1 Å². The number of rotatable bonds is 4. The quantitative estimate of drug-likeness (QED) is 0.898. The van der Waals surface area contributed by atoms with Gasteiger partial charge in [-0.2, -0.15) is 0 Å². The van der Waals surface area contributed by atoms with E-state index >= 15 is 0 Å². The Morgan fingerprint density at radius 2 is 2.05 bits per heavy atom. The normalized spacial score (nSPS) is 22.1. The summed E-state index contributed by atoms with van der Waals surface area (Å²) in [4.78, 5) is 2.39. The van der Waals surface area contributed by atoms with E-state index in [0.29, 0.717) is 18.0 Å². The van der Waals surface area contributed by atoms with Crippen molar-refractivity contribution in [2.45, 2.75) is 58.5 Å². The molecule has 0 bridgehead atoms. The molecule has 3 heteroatoms. The number of hydrogen-bond acceptors (Lipinski definition) is 2. The Labute approximate surface area is 127 Å². The van der Waals surface area contributed by atoms with Gasteiger partial charge in [-0.1, -0.05) is 19.9 Å². The molecule has 2 nitrogen and oxygen atoms in total. The van der Waals surface area contributed by atoms with Crippen molar-refractivity contribution in [3.63, 3.8) is 0 Å². The minimum absolute atomic E-state index is 0.0656. The van der Waals surface area contributed by atoms with Crippen LogP contribution in [0.15, 0.2) is 18.2 Å². The molecule has 1 heterocycles. The van der Waals surface area contributed by atoms with Crippen LogP contribution in [-0.2, 0) is 6.54 Å². The van der Waals surface area contributed by atoms with E-state index in [2.05, 4.69) is 30.1 Å². The van der Waals surface area contributed by atoms with Crippen molar-refractivity contribution in [2.24, 2.45) is 5.41 Å². The van der Waals surface area contributed by atoms with E-state index in [1.807, 2.05) is 6.07 Å². The summed E-state index contributed by atoms with van der Waals surface area (Å²) in [5.41, 5.74) is 2.36. The minimum Gasteiger partial charge on any atom is -0.371 e. The van der Waals surface area contributed by atoms with Crippen molar-refractivity contribution in [3.05, 3.63) is 29.6 Å². The lowest BCUT2D eigenvalue weighted by molar-refractivity contribution is 0.325. The second-order valence-corrected chi connectivity index (χ2v) is 7.40. The number of nitrogens with zero attached hydrogens (tertiary/aromatic N) is 1. The zero-order chi connectivity index (χ0) is 14.9. The third-order valence-electron chi connectivity index (χ3n) is 4.92. The highest BCUT2D eigenvalue weighted by Gasteiger charge is 2.26. The third-order valence-corrected chi connectivity index (χ3v) is 4.92. The Bertz CT molecular complexity index is 494. The van der Waals surface area contributed by atoms with Gasteiger partial charge in [-0.15, -0.1) is 0 Å². The lowest BCUT2D eigenvalue weighted by Gasteiger charge is -2.27. The molecule has 0 aromatic heterocycles. The summed E-state index contributed by atoms with van der Waals surface area (Å²) in [6.45, 7) is 7.43. The maximum absolute atomic E-state index is 14.3. The Balaban J connectivity index is 1.77. The van der Waals surface area contributed by atoms with Crippen LogP contribution in [0.4, 0.5) is 10.1 Å². The van der Waals surface area contributed by atoms with Crippen molar-refractivity contribution >= 4 is 5.69 Å². The fourth-order valence-corrected chi connectivity index (χ4v) is 3.22. The average Bonchev–Trinajstić information content (AvgIpc) is 3.25. The Morgan fingerprint density at radius 3 is 2.81 bits per heavy atom. The molecule has 116 valence electrons. The molecule has 0 spiro atoms. The average molecular weight is 290 g/mol. The van der Waals surface area contributed by atoms with Crippen molar-refractivity contribution in [3.8, 4) is 0 Å². The fraction of sp³-hybridized carbons (Fsp3) is 0.667. The molecule has 0 radical (unpaired) electrons. The van der Waals surface area contributed by atoms with E-state index in [-0.39, 0.29) is 5.82 Å². The molecule has 1 N–H and O–H groups in total. The maximum Gasteiger partial charge on any atom is 0.129 e. The molecule has 0 atom stereocenters. The summed E-state index contributed by atoms with van der Waals surface area (Å²) < 4.78 is 14.3. The van der Waals surface area contributed by atoms with Gasteiger partial charge in [-0.3, -0.25) is 0 Å². The Morgan fingerprint density at radius 1 is 1.24 bits per heavy atom. The van der Waals surface area contributed by atoms with Crippen LogP contribution >= 0.6 is 0 Å². The molecular formula is C18H27FN2. The van der Waals surface area contributed by atoms with Gasteiger partial charge in [0.15, 0.2) is 0 Å². The van der Waals surface area contributed by atoms with Crippen LogP contribution < -0.4 is 10.2 Å². The number of halogens is 1. The highest BCUT2D eigenvalue weighted by atomic mass is 19.1. The van der Waals surface area contributed by atoms with Gasteiger partial charge in [0.1, 0.15) is 5.82 Å². The zero-order valence-corrected chi connectivity index (χ0v) is 13.3. The summed E-state index contributed by atoms with van der Waals surface area (Å²) in [5.74, 6) is -0.0656. The van der Waals surface area contributed by atoms with Gasteiger partial charge >= 0.3 is 0 Å². The van der Waals surface area contributed by atoms with Crippen LogP contribution in [0.25, 0.3) is 0 Å². The maximum atomic E-state index is 14.3. The first-order valence-corrected chi connectivity index (χ1v) is 8.31. The van der Waals surface area contributed by atoms with Crippen molar-refractivity contribution in [1.29, 1.82) is 0 Å². The number of anilines is 1. The second kappa shape index (κ2) is 5.96. The second-order valence-electron chi connectivity index (χ2n) is 7.40. The van der Waals surface area contributed by atoms with E-state index < -0.39 is 0 Å². The molecule has 0 unspecified atom stereocenters.